The van der Waals surface area contributed by atoms with E-state index in [9.17, 15) is 13.2 Å². The van der Waals surface area contributed by atoms with Crippen molar-refractivity contribution in [3.63, 3.8) is 0 Å². The highest BCUT2D eigenvalue weighted by Crippen LogP contribution is 2.25. The number of nitrogens with one attached hydrogen (secondary N) is 1. The van der Waals surface area contributed by atoms with E-state index >= 15 is 0 Å². The molecule has 7 heteroatoms. The van der Waals surface area contributed by atoms with Crippen molar-refractivity contribution in [1.82, 2.24) is 4.31 Å². The third-order valence-electron chi connectivity index (χ3n) is 5.40. The number of nitrogens with zero attached hydrogens (tertiary/aromatic N) is 2. The summed E-state index contributed by atoms with van der Waals surface area (Å²) in [4.78, 5) is 14.7. The number of carbonyl (C=O) groups is 1. The Morgan fingerprint density at radius 1 is 1.10 bits per heavy atom. The number of amides is 1. The zero-order valence-electron chi connectivity index (χ0n) is 17.7. The van der Waals surface area contributed by atoms with Crippen molar-refractivity contribution in [2.45, 2.75) is 19.8 Å². The zero-order chi connectivity index (χ0) is 21.7. The maximum absolute atomic E-state index is 12.7. The summed E-state index contributed by atoms with van der Waals surface area (Å²) in [5.41, 5.74) is 3.71. The highest BCUT2D eigenvalue weighted by molar-refractivity contribution is 7.92. The van der Waals surface area contributed by atoms with Gasteiger partial charge in [-0.25, -0.2) is 8.42 Å². The van der Waals surface area contributed by atoms with Gasteiger partial charge in [0, 0.05) is 49.9 Å². The summed E-state index contributed by atoms with van der Waals surface area (Å²) in [7, 11) is 0.459. The summed E-state index contributed by atoms with van der Waals surface area (Å²) in [5, 5.41) is 4.26. The molecule has 0 bridgehead atoms. The molecule has 0 aromatic heterocycles. The molecule has 3 rings (SSSR count). The number of piperidine rings is 1. The molecule has 0 saturated carbocycles. The van der Waals surface area contributed by atoms with E-state index in [0.29, 0.717) is 25.9 Å². The molecular weight excluding hydrogens is 398 g/mol. The van der Waals surface area contributed by atoms with Gasteiger partial charge in [0.15, 0.2) is 0 Å². The lowest BCUT2D eigenvalue weighted by Crippen LogP contribution is -2.40. The van der Waals surface area contributed by atoms with Crippen LogP contribution in [0.3, 0.4) is 0 Å². The molecule has 1 aliphatic rings. The topological polar surface area (TPSA) is 69.7 Å². The van der Waals surface area contributed by atoms with Crippen molar-refractivity contribution >= 4 is 33.4 Å². The number of carbonyl (C=O) groups excluding carboxylic acids is 1. The van der Waals surface area contributed by atoms with E-state index < -0.39 is 10.0 Å². The van der Waals surface area contributed by atoms with Gasteiger partial charge in [-0.3, -0.25) is 4.79 Å². The Bertz CT molecular complexity index is 1010. The molecule has 0 radical (unpaired) electrons. The van der Waals surface area contributed by atoms with Crippen molar-refractivity contribution in [1.29, 1.82) is 0 Å². The molecule has 1 heterocycles. The Kier molecular flexibility index (Phi) is 6.95. The molecule has 6 nitrogen and oxygen atoms in total. The van der Waals surface area contributed by atoms with Gasteiger partial charge in [-0.05, 0) is 55.2 Å². The summed E-state index contributed by atoms with van der Waals surface area (Å²) in [6.07, 6.45) is 2.63. The number of sulfonamides is 1. The van der Waals surface area contributed by atoms with E-state index in [1.165, 1.54) is 9.71 Å². The molecular formula is C23H29N3O3S. The molecule has 0 spiro atoms. The molecule has 1 aliphatic heterocycles. The van der Waals surface area contributed by atoms with Crippen LogP contribution in [0.15, 0.2) is 53.9 Å². The van der Waals surface area contributed by atoms with E-state index in [-0.39, 0.29) is 11.8 Å². The normalized spacial score (nSPS) is 16.0. The van der Waals surface area contributed by atoms with Crippen LogP contribution in [0, 0.1) is 12.8 Å². The second kappa shape index (κ2) is 9.45. The van der Waals surface area contributed by atoms with Crippen LogP contribution >= 0.6 is 0 Å². The Labute approximate surface area is 179 Å². The summed E-state index contributed by atoms with van der Waals surface area (Å²) in [6.45, 7) is 2.66. The van der Waals surface area contributed by atoms with Crippen molar-refractivity contribution in [3.05, 3.63) is 65.1 Å². The predicted octanol–water partition coefficient (Wildman–Crippen LogP) is 3.71. The number of aryl methyl sites for hydroxylation is 1. The quantitative estimate of drug-likeness (QED) is 0.763. The summed E-state index contributed by atoms with van der Waals surface area (Å²) in [5.74, 6) is -0.241. The third-order valence-corrected chi connectivity index (χ3v) is 6.97. The zero-order valence-corrected chi connectivity index (χ0v) is 18.5. The van der Waals surface area contributed by atoms with E-state index in [4.69, 9.17) is 0 Å². The molecule has 1 fully saturated rings. The minimum atomic E-state index is -3.49. The second-order valence-corrected chi connectivity index (χ2v) is 9.63. The molecule has 0 atom stereocenters. The number of hydrogen-bond acceptors (Lipinski definition) is 4. The molecule has 160 valence electrons. The van der Waals surface area contributed by atoms with Crippen molar-refractivity contribution in [2.75, 3.05) is 37.4 Å². The fourth-order valence-corrected chi connectivity index (χ4v) is 4.71. The van der Waals surface area contributed by atoms with Gasteiger partial charge in [0.25, 0.3) is 0 Å². The van der Waals surface area contributed by atoms with E-state index in [0.717, 1.165) is 22.5 Å². The van der Waals surface area contributed by atoms with Gasteiger partial charge in [0.2, 0.25) is 15.9 Å². The van der Waals surface area contributed by atoms with Crippen LogP contribution in [0.1, 0.15) is 24.0 Å². The Morgan fingerprint density at radius 3 is 2.37 bits per heavy atom. The second-order valence-electron chi connectivity index (χ2n) is 7.81. The lowest BCUT2D eigenvalue weighted by Gasteiger charge is -2.29. The fourth-order valence-electron chi connectivity index (χ4n) is 3.49. The molecule has 30 heavy (non-hydrogen) atoms. The predicted molar refractivity (Wildman–Crippen MR) is 123 cm³/mol. The summed E-state index contributed by atoms with van der Waals surface area (Å²) in [6, 6.07) is 15.3. The van der Waals surface area contributed by atoms with Gasteiger partial charge in [-0.15, -0.1) is 0 Å². The first kappa shape index (κ1) is 22.1. The first-order chi connectivity index (χ1) is 14.3. The Balaban J connectivity index is 1.57. The highest BCUT2D eigenvalue weighted by Gasteiger charge is 2.30. The lowest BCUT2D eigenvalue weighted by molar-refractivity contribution is -0.120. The minimum Gasteiger partial charge on any atom is -0.378 e. The van der Waals surface area contributed by atoms with Gasteiger partial charge in [-0.1, -0.05) is 30.3 Å². The van der Waals surface area contributed by atoms with Crippen LogP contribution in [0.5, 0.6) is 0 Å². The molecule has 0 unspecified atom stereocenters. The number of anilines is 2. The van der Waals surface area contributed by atoms with E-state index in [1.54, 1.807) is 6.08 Å². The molecule has 2 aromatic carbocycles. The van der Waals surface area contributed by atoms with Gasteiger partial charge in [0.05, 0.1) is 0 Å². The van der Waals surface area contributed by atoms with Crippen LogP contribution in [0.25, 0.3) is 6.08 Å². The Hall–Kier alpha value is -2.64. The summed E-state index contributed by atoms with van der Waals surface area (Å²) < 4.78 is 26.6. The van der Waals surface area contributed by atoms with Crippen LogP contribution in [-0.4, -0.2) is 45.8 Å². The molecule has 1 amide bonds. The van der Waals surface area contributed by atoms with Crippen LogP contribution in [0.4, 0.5) is 11.4 Å². The van der Waals surface area contributed by atoms with E-state index in [1.807, 2.05) is 74.4 Å². The van der Waals surface area contributed by atoms with Crippen molar-refractivity contribution in [3.8, 4) is 0 Å². The first-order valence-corrected chi connectivity index (χ1v) is 11.6. The fraction of sp³-hybridized carbons (Fsp3) is 0.348. The van der Waals surface area contributed by atoms with Crippen molar-refractivity contribution in [2.24, 2.45) is 5.92 Å². The van der Waals surface area contributed by atoms with Gasteiger partial charge in [-0.2, -0.15) is 4.31 Å². The maximum Gasteiger partial charge on any atom is 0.236 e. The largest absolute Gasteiger partial charge is 0.378 e. The van der Waals surface area contributed by atoms with Gasteiger partial charge < -0.3 is 10.2 Å². The average Bonchev–Trinajstić information content (AvgIpc) is 2.74. The van der Waals surface area contributed by atoms with Crippen LogP contribution in [0.2, 0.25) is 0 Å². The highest BCUT2D eigenvalue weighted by atomic mass is 32.2. The first-order valence-electron chi connectivity index (χ1n) is 10.1. The van der Waals surface area contributed by atoms with Gasteiger partial charge >= 0.3 is 0 Å². The third kappa shape index (κ3) is 5.49. The van der Waals surface area contributed by atoms with Gasteiger partial charge in [0.1, 0.15) is 0 Å². The molecule has 2 aromatic rings. The standard InChI is InChI=1S/C23H29N3O3S/c1-18-17-21(25(2)3)9-10-22(18)24-23(27)20-11-14-26(15-12-20)30(28,29)16-13-19-7-5-4-6-8-19/h4-10,13,16-17,20H,11-12,14-15H2,1-3H3,(H,24,27)/b16-13+. The van der Waals surface area contributed by atoms with E-state index in [2.05, 4.69) is 5.32 Å². The SMILES string of the molecule is Cc1cc(N(C)C)ccc1NC(=O)C1CCN(S(=O)(=O)/C=C/c2ccccc2)CC1. The van der Waals surface area contributed by atoms with Crippen molar-refractivity contribution < 1.29 is 13.2 Å². The average molecular weight is 428 g/mol. The lowest BCUT2D eigenvalue weighted by atomic mass is 9.97. The minimum absolute atomic E-state index is 0.0485. The van der Waals surface area contributed by atoms with Crippen LogP contribution in [-0.2, 0) is 14.8 Å². The molecule has 0 aliphatic carbocycles. The maximum atomic E-state index is 12.7. The van der Waals surface area contributed by atoms with Crippen LogP contribution < -0.4 is 10.2 Å². The Morgan fingerprint density at radius 2 is 1.77 bits per heavy atom. The smallest absolute Gasteiger partial charge is 0.236 e. The number of hydrogen-bond donors (Lipinski definition) is 1. The summed E-state index contributed by atoms with van der Waals surface area (Å²) >= 11 is 0. The number of benzene rings is 2. The monoisotopic (exact) mass is 427 g/mol. The number of rotatable bonds is 6. The molecule has 1 saturated heterocycles. The molecule has 1 N–H and O–H groups in total.